The molecule has 3 aromatic rings. The average Bonchev–Trinajstić information content (AvgIpc) is 3.06. The fourth-order valence-corrected chi connectivity index (χ4v) is 2.80. The molecule has 0 unspecified atom stereocenters. The molecule has 27 heavy (non-hydrogen) atoms. The number of alkyl halides is 3. The van der Waals surface area contributed by atoms with Gasteiger partial charge in [0.15, 0.2) is 5.82 Å². The van der Waals surface area contributed by atoms with Crippen LogP contribution in [0.1, 0.15) is 28.5 Å². The van der Waals surface area contributed by atoms with Gasteiger partial charge in [0.2, 0.25) is 0 Å². The lowest BCUT2D eigenvalue weighted by atomic mass is 9.95. The van der Waals surface area contributed by atoms with Gasteiger partial charge in [-0.1, -0.05) is 13.0 Å². The lowest BCUT2D eigenvalue weighted by Crippen LogP contribution is -2.13. The molecule has 0 fully saturated rings. The molecule has 1 amide bonds. The lowest BCUT2D eigenvalue weighted by molar-refractivity contribution is -0.137. The van der Waals surface area contributed by atoms with Crippen molar-refractivity contribution in [2.24, 2.45) is 5.73 Å². The second kappa shape index (κ2) is 6.75. The van der Waals surface area contributed by atoms with Gasteiger partial charge in [0, 0.05) is 11.8 Å². The van der Waals surface area contributed by atoms with Crippen molar-refractivity contribution in [2.45, 2.75) is 19.5 Å². The van der Waals surface area contributed by atoms with E-state index < -0.39 is 17.6 Å². The van der Waals surface area contributed by atoms with E-state index in [1.807, 2.05) is 6.92 Å². The van der Waals surface area contributed by atoms with Crippen molar-refractivity contribution in [3.63, 3.8) is 0 Å². The number of rotatable bonds is 4. The molecule has 0 aliphatic heterocycles. The van der Waals surface area contributed by atoms with Gasteiger partial charge in [-0.15, -0.1) is 0 Å². The Morgan fingerprint density at radius 1 is 1.19 bits per heavy atom. The first-order chi connectivity index (χ1) is 12.7. The van der Waals surface area contributed by atoms with Crippen LogP contribution in [0.15, 0.2) is 36.5 Å². The minimum absolute atomic E-state index is 0.0231. The maximum atomic E-state index is 13.2. The summed E-state index contributed by atoms with van der Waals surface area (Å²) in [6.45, 7) is 1.81. The summed E-state index contributed by atoms with van der Waals surface area (Å²) in [5, 5.41) is 0. The maximum absolute atomic E-state index is 13.2. The number of aryl methyl sites for hydroxylation is 1. The van der Waals surface area contributed by atoms with Gasteiger partial charge in [-0.3, -0.25) is 4.79 Å². The number of nitrogens with two attached hydrogens (primary N) is 2. The first kappa shape index (κ1) is 18.4. The van der Waals surface area contributed by atoms with Crippen molar-refractivity contribution in [2.75, 3.05) is 5.73 Å². The predicted octanol–water partition coefficient (Wildman–Crippen LogP) is 3.40. The van der Waals surface area contributed by atoms with E-state index in [9.17, 15) is 18.0 Å². The topological polar surface area (TPSA) is 111 Å². The van der Waals surface area contributed by atoms with Crippen LogP contribution in [-0.2, 0) is 12.6 Å². The number of anilines is 1. The van der Waals surface area contributed by atoms with Gasteiger partial charge in [-0.2, -0.15) is 13.2 Å². The summed E-state index contributed by atoms with van der Waals surface area (Å²) in [6.07, 6.45) is -2.60. The molecule has 0 bridgehead atoms. The molecule has 0 saturated carbocycles. The van der Waals surface area contributed by atoms with Gasteiger partial charge in [0.05, 0.1) is 11.3 Å². The Balaban J connectivity index is 2.23. The van der Waals surface area contributed by atoms with Gasteiger partial charge in [0.1, 0.15) is 11.5 Å². The molecule has 1 aromatic carbocycles. The van der Waals surface area contributed by atoms with Gasteiger partial charge in [-0.05, 0) is 41.8 Å². The van der Waals surface area contributed by atoms with Crippen molar-refractivity contribution < 1.29 is 18.0 Å². The van der Waals surface area contributed by atoms with Crippen molar-refractivity contribution >= 4 is 11.7 Å². The molecular weight excluding hydrogens is 359 g/mol. The highest BCUT2D eigenvalue weighted by Gasteiger charge is 2.31. The number of primary amides is 1. The zero-order valence-corrected chi connectivity index (χ0v) is 14.3. The minimum atomic E-state index is -4.51. The summed E-state index contributed by atoms with van der Waals surface area (Å²) in [6, 6.07) is 6.42. The highest BCUT2D eigenvalue weighted by molar-refractivity contribution is 6.00. The Bertz CT molecular complexity index is 1010. The SMILES string of the molecule is CCc1ccc(C(F)(F)F)cc1-c1cc(-c2nccc(N)n2)[nH]c1C(N)=O. The molecule has 140 valence electrons. The Morgan fingerprint density at radius 2 is 1.93 bits per heavy atom. The molecule has 0 atom stereocenters. The average molecular weight is 375 g/mol. The number of amides is 1. The van der Waals surface area contributed by atoms with E-state index >= 15 is 0 Å². The summed E-state index contributed by atoms with van der Waals surface area (Å²) < 4.78 is 39.5. The largest absolute Gasteiger partial charge is 0.416 e. The lowest BCUT2D eigenvalue weighted by Gasteiger charge is -2.13. The number of nitrogens with zero attached hydrogens (tertiary/aromatic N) is 2. The van der Waals surface area contributed by atoms with Crippen LogP contribution in [0.4, 0.5) is 19.0 Å². The molecule has 0 radical (unpaired) electrons. The van der Waals surface area contributed by atoms with Crippen LogP contribution in [0.5, 0.6) is 0 Å². The van der Waals surface area contributed by atoms with Crippen LogP contribution in [0.25, 0.3) is 22.6 Å². The van der Waals surface area contributed by atoms with Crippen LogP contribution in [0, 0.1) is 0 Å². The number of carbonyl (C=O) groups excluding carboxylic acids is 1. The first-order valence-corrected chi connectivity index (χ1v) is 8.03. The summed E-state index contributed by atoms with van der Waals surface area (Å²) in [5.41, 5.74) is 11.7. The number of halogens is 3. The van der Waals surface area contributed by atoms with Crippen molar-refractivity contribution in [1.29, 1.82) is 0 Å². The van der Waals surface area contributed by atoms with Gasteiger partial charge < -0.3 is 16.5 Å². The summed E-state index contributed by atoms with van der Waals surface area (Å²) in [4.78, 5) is 22.8. The van der Waals surface area contributed by atoms with E-state index in [1.165, 1.54) is 24.4 Å². The number of aromatic nitrogens is 3. The van der Waals surface area contributed by atoms with Gasteiger partial charge in [0.25, 0.3) is 5.91 Å². The molecule has 5 N–H and O–H groups in total. The third kappa shape index (κ3) is 3.62. The summed E-state index contributed by atoms with van der Waals surface area (Å²) >= 11 is 0. The van der Waals surface area contributed by atoms with Crippen molar-refractivity contribution in [3.8, 4) is 22.6 Å². The molecule has 0 aliphatic rings. The molecule has 0 saturated heterocycles. The number of aromatic amines is 1. The molecule has 3 rings (SSSR count). The van der Waals surface area contributed by atoms with Crippen LogP contribution in [0.2, 0.25) is 0 Å². The van der Waals surface area contributed by atoms with Crippen LogP contribution >= 0.6 is 0 Å². The zero-order chi connectivity index (χ0) is 19.8. The number of nitrogen functional groups attached to an aromatic ring is 1. The van der Waals surface area contributed by atoms with E-state index in [1.54, 1.807) is 0 Å². The number of hydrogen-bond donors (Lipinski definition) is 3. The molecule has 0 aliphatic carbocycles. The molecule has 9 heteroatoms. The van der Waals surface area contributed by atoms with Gasteiger partial charge in [-0.25, -0.2) is 9.97 Å². The minimum Gasteiger partial charge on any atom is -0.384 e. The number of hydrogen-bond acceptors (Lipinski definition) is 4. The predicted molar refractivity (Wildman–Crippen MR) is 94.6 cm³/mol. The second-order valence-corrected chi connectivity index (χ2v) is 5.86. The molecular formula is C18H16F3N5O. The summed E-state index contributed by atoms with van der Waals surface area (Å²) in [5.74, 6) is -0.390. The van der Waals surface area contributed by atoms with Crippen LogP contribution < -0.4 is 11.5 Å². The van der Waals surface area contributed by atoms with Crippen molar-refractivity contribution in [1.82, 2.24) is 15.0 Å². The smallest absolute Gasteiger partial charge is 0.384 e. The van der Waals surface area contributed by atoms with Crippen LogP contribution in [0.3, 0.4) is 0 Å². The van der Waals surface area contributed by atoms with E-state index in [2.05, 4.69) is 15.0 Å². The van der Waals surface area contributed by atoms with E-state index in [-0.39, 0.29) is 28.5 Å². The fourth-order valence-electron chi connectivity index (χ4n) is 2.80. The number of nitrogens with one attached hydrogen (secondary N) is 1. The van der Waals surface area contributed by atoms with Gasteiger partial charge >= 0.3 is 6.18 Å². The van der Waals surface area contributed by atoms with Crippen molar-refractivity contribution in [3.05, 3.63) is 53.3 Å². The molecule has 2 heterocycles. The quantitative estimate of drug-likeness (QED) is 0.649. The molecule has 6 nitrogen and oxygen atoms in total. The Labute approximate surface area is 152 Å². The number of carbonyl (C=O) groups is 1. The Hall–Kier alpha value is -3.36. The monoisotopic (exact) mass is 375 g/mol. The fraction of sp³-hybridized carbons (Fsp3) is 0.167. The Kier molecular flexibility index (Phi) is 4.61. The third-order valence-electron chi connectivity index (χ3n) is 4.09. The maximum Gasteiger partial charge on any atom is 0.416 e. The summed E-state index contributed by atoms with van der Waals surface area (Å²) in [7, 11) is 0. The Morgan fingerprint density at radius 3 is 2.52 bits per heavy atom. The third-order valence-corrected chi connectivity index (χ3v) is 4.09. The van der Waals surface area contributed by atoms with E-state index in [4.69, 9.17) is 11.5 Å². The number of benzene rings is 1. The molecule has 0 spiro atoms. The highest BCUT2D eigenvalue weighted by atomic mass is 19.4. The van der Waals surface area contributed by atoms with E-state index in [0.717, 1.165) is 12.1 Å². The zero-order valence-electron chi connectivity index (χ0n) is 14.3. The number of H-pyrrole nitrogens is 1. The normalized spacial score (nSPS) is 11.6. The molecule has 2 aromatic heterocycles. The standard InChI is InChI=1S/C18H16F3N5O/c1-2-9-3-4-10(18(19,20)21)7-11(9)12-8-13(25-15(12)16(23)27)17-24-6-5-14(22)26-17/h3-8,25H,2H2,1H3,(H2,23,27)(H2,22,24,26). The first-order valence-electron chi connectivity index (χ1n) is 8.03. The van der Waals surface area contributed by atoms with E-state index in [0.29, 0.717) is 17.7 Å². The second-order valence-electron chi connectivity index (χ2n) is 5.86. The van der Waals surface area contributed by atoms with Crippen LogP contribution in [-0.4, -0.2) is 20.9 Å². The highest BCUT2D eigenvalue weighted by Crippen LogP contribution is 2.36.